The zero-order valence-corrected chi connectivity index (χ0v) is 12.2. The number of halogens is 1. The van der Waals surface area contributed by atoms with Crippen molar-refractivity contribution < 1.29 is 0 Å². The summed E-state index contributed by atoms with van der Waals surface area (Å²) >= 11 is 5.10. The third-order valence-electron chi connectivity index (χ3n) is 2.50. The summed E-state index contributed by atoms with van der Waals surface area (Å²) in [5, 5.41) is 6.51. The van der Waals surface area contributed by atoms with Crippen LogP contribution in [-0.4, -0.2) is 17.0 Å². The molecule has 5 heteroatoms. The van der Waals surface area contributed by atoms with Crippen LogP contribution in [0.15, 0.2) is 28.2 Å². The van der Waals surface area contributed by atoms with E-state index in [0.29, 0.717) is 0 Å². The van der Waals surface area contributed by atoms with Gasteiger partial charge in [-0.3, -0.25) is 4.98 Å². The number of thiazole rings is 1. The van der Waals surface area contributed by atoms with Crippen molar-refractivity contribution in [1.29, 1.82) is 0 Å². The highest BCUT2D eigenvalue weighted by Gasteiger charge is 2.13. The van der Waals surface area contributed by atoms with Crippen LogP contribution in [0.1, 0.15) is 22.4 Å². The molecule has 0 saturated carbocycles. The van der Waals surface area contributed by atoms with Gasteiger partial charge in [0.25, 0.3) is 0 Å². The number of hydrogen-bond acceptors (Lipinski definition) is 4. The van der Waals surface area contributed by atoms with Crippen molar-refractivity contribution in [2.45, 2.75) is 19.4 Å². The van der Waals surface area contributed by atoms with Crippen LogP contribution in [0, 0.1) is 6.92 Å². The maximum absolute atomic E-state index is 4.48. The van der Waals surface area contributed by atoms with Crippen LogP contribution < -0.4 is 5.32 Å². The van der Waals surface area contributed by atoms with Crippen LogP contribution in [0.3, 0.4) is 0 Å². The van der Waals surface area contributed by atoms with Gasteiger partial charge >= 0.3 is 0 Å². The van der Waals surface area contributed by atoms with Crippen molar-refractivity contribution in [2.24, 2.45) is 0 Å². The van der Waals surface area contributed by atoms with Gasteiger partial charge in [-0.2, -0.15) is 0 Å². The molecule has 0 fully saturated rings. The molecule has 0 amide bonds. The highest BCUT2D eigenvalue weighted by molar-refractivity contribution is 9.10. The van der Waals surface area contributed by atoms with E-state index in [0.717, 1.165) is 27.3 Å². The molecule has 2 aromatic rings. The zero-order valence-electron chi connectivity index (χ0n) is 9.77. The lowest BCUT2D eigenvalue weighted by atomic mass is 10.1. The summed E-state index contributed by atoms with van der Waals surface area (Å²) in [4.78, 5) is 8.90. The van der Waals surface area contributed by atoms with Crippen molar-refractivity contribution >= 4 is 27.3 Å². The molecule has 3 nitrogen and oxygen atoms in total. The molecular weight excluding hydrogens is 298 g/mol. The van der Waals surface area contributed by atoms with Crippen LogP contribution in [0.4, 0.5) is 0 Å². The van der Waals surface area contributed by atoms with Crippen LogP contribution in [0.25, 0.3) is 0 Å². The van der Waals surface area contributed by atoms with E-state index < -0.39 is 0 Å². The average Bonchev–Trinajstić information content (AvgIpc) is 2.73. The first-order valence-corrected chi connectivity index (χ1v) is 7.06. The molecule has 0 bridgehead atoms. The monoisotopic (exact) mass is 311 g/mol. The lowest BCUT2D eigenvalue weighted by Crippen LogP contribution is -2.19. The van der Waals surface area contributed by atoms with Crippen LogP contribution in [-0.2, 0) is 6.42 Å². The van der Waals surface area contributed by atoms with Gasteiger partial charge in [0.2, 0.25) is 0 Å². The topological polar surface area (TPSA) is 37.8 Å². The predicted octanol–water partition coefficient (Wildman–Crippen LogP) is 3.11. The molecule has 90 valence electrons. The Hall–Kier alpha value is -0.780. The molecule has 0 aliphatic rings. The van der Waals surface area contributed by atoms with E-state index in [1.807, 2.05) is 32.3 Å². The number of aryl methyl sites for hydroxylation is 1. The van der Waals surface area contributed by atoms with Gasteiger partial charge < -0.3 is 5.32 Å². The van der Waals surface area contributed by atoms with E-state index in [1.165, 1.54) is 0 Å². The zero-order chi connectivity index (χ0) is 12.3. The van der Waals surface area contributed by atoms with Crippen LogP contribution in [0.5, 0.6) is 0 Å². The molecule has 2 rings (SSSR count). The van der Waals surface area contributed by atoms with Crippen molar-refractivity contribution in [3.05, 3.63) is 44.6 Å². The molecule has 0 radical (unpaired) electrons. The van der Waals surface area contributed by atoms with Gasteiger partial charge in [-0.05, 0) is 42.0 Å². The average molecular weight is 312 g/mol. The minimum absolute atomic E-state index is 0.216. The van der Waals surface area contributed by atoms with Crippen LogP contribution in [0.2, 0.25) is 0 Å². The Morgan fingerprint density at radius 3 is 2.82 bits per heavy atom. The van der Waals surface area contributed by atoms with E-state index in [-0.39, 0.29) is 6.04 Å². The predicted molar refractivity (Wildman–Crippen MR) is 74.3 cm³/mol. The summed E-state index contributed by atoms with van der Waals surface area (Å²) < 4.78 is 1.00. The molecule has 17 heavy (non-hydrogen) atoms. The minimum atomic E-state index is 0.216. The third kappa shape index (κ3) is 3.34. The summed E-state index contributed by atoms with van der Waals surface area (Å²) in [6.45, 7) is 2.02. The fourth-order valence-electron chi connectivity index (χ4n) is 1.62. The molecule has 0 aromatic carbocycles. The highest BCUT2D eigenvalue weighted by Crippen LogP contribution is 2.20. The van der Waals surface area contributed by atoms with Crippen LogP contribution >= 0.6 is 27.3 Å². The van der Waals surface area contributed by atoms with E-state index in [1.54, 1.807) is 11.3 Å². The number of nitrogens with zero attached hydrogens (tertiary/aromatic N) is 2. The van der Waals surface area contributed by atoms with Gasteiger partial charge in [0, 0.05) is 28.2 Å². The van der Waals surface area contributed by atoms with Crippen molar-refractivity contribution in [2.75, 3.05) is 7.05 Å². The van der Waals surface area contributed by atoms with E-state index >= 15 is 0 Å². The van der Waals surface area contributed by atoms with Gasteiger partial charge in [0.1, 0.15) is 0 Å². The first kappa shape index (κ1) is 12.7. The second kappa shape index (κ2) is 5.71. The molecule has 0 aliphatic heterocycles. The Bertz CT molecular complexity index is 481. The summed E-state index contributed by atoms with van der Waals surface area (Å²) in [5.74, 6) is 0. The molecule has 1 atom stereocenters. The SMILES string of the molecule is CNC(Cc1nc(C)cs1)c1ccc(Br)cn1. The lowest BCUT2D eigenvalue weighted by molar-refractivity contribution is 0.574. The lowest BCUT2D eigenvalue weighted by Gasteiger charge is -2.14. The quantitative estimate of drug-likeness (QED) is 0.942. The molecule has 1 unspecified atom stereocenters. The summed E-state index contributed by atoms with van der Waals surface area (Å²) in [6.07, 6.45) is 2.70. The Kier molecular flexibility index (Phi) is 4.25. The van der Waals surface area contributed by atoms with Crippen molar-refractivity contribution in [1.82, 2.24) is 15.3 Å². The molecule has 2 heterocycles. The maximum atomic E-state index is 4.48. The van der Waals surface area contributed by atoms with Gasteiger partial charge in [0.15, 0.2) is 0 Å². The molecule has 0 spiro atoms. The number of rotatable bonds is 4. The maximum Gasteiger partial charge on any atom is 0.0947 e. The van der Waals surface area contributed by atoms with Crippen molar-refractivity contribution in [3.8, 4) is 0 Å². The first-order chi connectivity index (χ1) is 8.19. The van der Waals surface area contributed by atoms with Gasteiger partial charge in [-0.15, -0.1) is 11.3 Å². The Balaban J connectivity index is 2.13. The number of likely N-dealkylation sites (N-methyl/N-ethyl adjacent to an activating group) is 1. The second-order valence-corrected chi connectivity index (χ2v) is 5.69. The number of nitrogens with one attached hydrogen (secondary N) is 1. The number of hydrogen-bond donors (Lipinski definition) is 1. The van der Waals surface area contributed by atoms with E-state index in [4.69, 9.17) is 0 Å². The summed E-state index contributed by atoms with van der Waals surface area (Å²) in [6, 6.07) is 4.26. The molecular formula is C12H14BrN3S. The van der Waals surface area contributed by atoms with Gasteiger partial charge in [0.05, 0.1) is 16.7 Å². The molecule has 0 saturated heterocycles. The second-order valence-electron chi connectivity index (χ2n) is 3.83. The Morgan fingerprint density at radius 2 is 2.29 bits per heavy atom. The summed E-state index contributed by atoms with van der Waals surface area (Å²) in [5.41, 5.74) is 2.13. The number of pyridine rings is 1. The Morgan fingerprint density at radius 1 is 1.47 bits per heavy atom. The normalized spacial score (nSPS) is 12.6. The molecule has 1 N–H and O–H groups in total. The number of aromatic nitrogens is 2. The largest absolute Gasteiger partial charge is 0.311 e. The fraction of sp³-hybridized carbons (Fsp3) is 0.333. The van der Waals surface area contributed by atoms with Gasteiger partial charge in [-0.25, -0.2) is 4.98 Å². The molecule has 2 aromatic heterocycles. The van der Waals surface area contributed by atoms with E-state index in [9.17, 15) is 0 Å². The Labute approximate surface area is 113 Å². The fourth-order valence-corrected chi connectivity index (χ4v) is 2.67. The standard InChI is InChI=1S/C12H14BrN3S/c1-8-7-17-12(16-8)5-11(14-2)10-4-3-9(13)6-15-10/h3-4,6-7,11,14H,5H2,1-2H3. The smallest absolute Gasteiger partial charge is 0.0947 e. The first-order valence-electron chi connectivity index (χ1n) is 5.39. The molecule has 0 aliphatic carbocycles. The van der Waals surface area contributed by atoms with E-state index in [2.05, 4.69) is 36.6 Å². The van der Waals surface area contributed by atoms with Gasteiger partial charge in [-0.1, -0.05) is 0 Å². The minimum Gasteiger partial charge on any atom is -0.311 e. The highest BCUT2D eigenvalue weighted by atomic mass is 79.9. The summed E-state index contributed by atoms with van der Waals surface area (Å²) in [7, 11) is 1.95. The van der Waals surface area contributed by atoms with Crippen molar-refractivity contribution in [3.63, 3.8) is 0 Å². The third-order valence-corrected chi connectivity index (χ3v) is 3.96.